The van der Waals surface area contributed by atoms with Crippen molar-refractivity contribution in [3.8, 4) is 5.75 Å². The highest BCUT2D eigenvalue weighted by atomic mass is 16.5. The van der Waals surface area contributed by atoms with Gasteiger partial charge in [-0.25, -0.2) is 0 Å². The standard InChI is InChI=1S/C45H44N4O6/c1-26-9-11-31(12-10-26)46-49-42(52)37-25-36-34(39(29-23-27(2)40(50)28(3)24-29)45(37,44(49)54)30-7-5-4-6-8-30)17-18-35-38(36)43(53)48(41(35)51)33-15-13-32(14-16-33)47-19-21-55-22-20-47/h4-17,23-24,35-39,46,50H,18-22,25H2,1-3H3. The number of benzene rings is 4. The maximum absolute atomic E-state index is 15.4. The van der Waals surface area contributed by atoms with Gasteiger partial charge in [0.2, 0.25) is 11.8 Å². The monoisotopic (exact) mass is 736 g/mol. The molecule has 3 aliphatic heterocycles. The van der Waals surface area contributed by atoms with Crippen LogP contribution < -0.4 is 15.2 Å². The Bertz CT molecular complexity index is 2220. The highest BCUT2D eigenvalue weighted by molar-refractivity contribution is 6.22. The number of carbonyl (C=O) groups is 4. The number of hydrazine groups is 1. The SMILES string of the molecule is Cc1ccc(NN2C(=O)C3CC4C(=CCC5C(=O)N(c6ccc(N7CCOCC7)cc6)C(=O)C54)C(c4cc(C)c(O)c(C)c4)C3(c3ccccc3)C2=O)cc1. The predicted molar refractivity (Wildman–Crippen MR) is 208 cm³/mol. The first-order chi connectivity index (χ1) is 26.6. The van der Waals surface area contributed by atoms with Crippen molar-refractivity contribution in [1.29, 1.82) is 0 Å². The third kappa shape index (κ3) is 5.33. The lowest BCUT2D eigenvalue weighted by Gasteiger charge is -2.50. The van der Waals surface area contributed by atoms with Crippen molar-refractivity contribution in [1.82, 2.24) is 5.01 Å². The van der Waals surface area contributed by atoms with Gasteiger partial charge in [0.25, 0.3) is 11.8 Å². The van der Waals surface area contributed by atoms with E-state index in [4.69, 9.17) is 4.74 Å². The number of aryl methyl sites for hydroxylation is 3. The van der Waals surface area contributed by atoms with E-state index in [1.807, 2.05) is 112 Å². The average molecular weight is 737 g/mol. The largest absolute Gasteiger partial charge is 0.507 e. The molecule has 280 valence electrons. The van der Waals surface area contributed by atoms with E-state index in [0.29, 0.717) is 47.7 Å². The highest BCUT2D eigenvalue weighted by Gasteiger charge is 2.70. The minimum absolute atomic E-state index is 0.169. The predicted octanol–water partition coefficient (Wildman–Crippen LogP) is 6.34. The Kier molecular flexibility index (Phi) is 8.42. The van der Waals surface area contributed by atoms with Gasteiger partial charge in [0.1, 0.15) is 5.75 Å². The fourth-order valence-electron chi connectivity index (χ4n) is 10.2. The van der Waals surface area contributed by atoms with E-state index < -0.39 is 35.0 Å². The summed E-state index contributed by atoms with van der Waals surface area (Å²) in [4.78, 5) is 62.9. The molecule has 0 aromatic heterocycles. The van der Waals surface area contributed by atoms with Gasteiger partial charge in [0.05, 0.1) is 47.8 Å². The summed E-state index contributed by atoms with van der Waals surface area (Å²) in [6, 6.07) is 28.4. The zero-order valence-corrected chi connectivity index (χ0v) is 31.2. The smallest absolute Gasteiger partial charge is 0.260 e. The number of rotatable bonds is 6. The van der Waals surface area contributed by atoms with Crippen molar-refractivity contribution in [3.63, 3.8) is 0 Å². The summed E-state index contributed by atoms with van der Waals surface area (Å²) >= 11 is 0. The number of anilines is 3. The lowest BCUT2D eigenvalue weighted by molar-refractivity contribution is -0.138. The molecule has 6 unspecified atom stereocenters. The Hall–Kier alpha value is -5.74. The van der Waals surface area contributed by atoms with Crippen LogP contribution in [0, 0.1) is 44.4 Å². The number of ether oxygens (including phenoxy) is 1. The molecule has 0 radical (unpaired) electrons. The number of aromatic hydroxyl groups is 1. The van der Waals surface area contributed by atoms with E-state index >= 15 is 4.79 Å². The van der Waals surface area contributed by atoms with E-state index in [9.17, 15) is 19.5 Å². The van der Waals surface area contributed by atoms with Crippen LogP contribution in [-0.4, -0.2) is 60.0 Å². The summed E-state index contributed by atoms with van der Waals surface area (Å²) < 4.78 is 5.51. The van der Waals surface area contributed by atoms with Gasteiger partial charge in [-0.2, -0.15) is 5.01 Å². The van der Waals surface area contributed by atoms with Crippen molar-refractivity contribution in [2.45, 2.75) is 44.9 Å². The molecule has 4 aromatic carbocycles. The topological polar surface area (TPSA) is 119 Å². The van der Waals surface area contributed by atoms with E-state index in [0.717, 1.165) is 35.5 Å². The number of fused-ring (bicyclic) bond motifs is 4. The number of nitrogens with one attached hydrogen (secondary N) is 1. The number of phenols is 1. The number of imide groups is 2. The van der Waals surface area contributed by atoms with Crippen molar-refractivity contribution in [2.75, 3.05) is 41.5 Å². The van der Waals surface area contributed by atoms with Crippen LogP contribution in [0.1, 0.15) is 46.6 Å². The van der Waals surface area contributed by atoms with Gasteiger partial charge in [-0.3, -0.25) is 29.5 Å². The number of morpholine rings is 1. The van der Waals surface area contributed by atoms with Crippen LogP contribution in [0.3, 0.4) is 0 Å². The summed E-state index contributed by atoms with van der Waals surface area (Å²) in [5.74, 6) is -4.40. The van der Waals surface area contributed by atoms with E-state index in [2.05, 4.69) is 16.4 Å². The summed E-state index contributed by atoms with van der Waals surface area (Å²) in [6.07, 6.45) is 2.62. The van der Waals surface area contributed by atoms with Gasteiger partial charge >= 0.3 is 0 Å². The van der Waals surface area contributed by atoms with Crippen LogP contribution in [-0.2, 0) is 29.3 Å². The molecular weight excluding hydrogens is 693 g/mol. The lowest BCUT2D eigenvalue weighted by atomic mass is 9.49. The normalized spacial score (nSPS) is 27.5. The zero-order valence-electron chi connectivity index (χ0n) is 31.2. The number of hydrogen-bond acceptors (Lipinski definition) is 8. The first kappa shape index (κ1) is 35.0. The summed E-state index contributed by atoms with van der Waals surface area (Å²) in [5, 5.41) is 12.1. The van der Waals surface area contributed by atoms with Crippen LogP contribution in [0.4, 0.5) is 17.1 Å². The summed E-state index contributed by atoms with van der Waals surface area (Å²) in [6.45, 7) is 8.48. The molecule has 1 saturated carbocycles. The van der Waals surface area contributed by atoms with Gasteiger partial charge in [-0.1, -0.05) is 71.8 Å². The Morgan fingerprint density at radius 1 is 0.764 bits per heavy atom. The van der Waals surface area contributed by atoms with Gasteiger partial charge in [-0.15, -0.1) is 0 Å². The molecule has 10 nitrogen and oxygen atoms in total. The maximum Gasteiger partial charge on any atom is 0.260 e. The second-order valence-electron chi connectivity index (χ2n) is 15.7. The van der Waals surface area contributed by atoms with Crippen molar-refractivity contribution in [3.05, 3.63) is 130 Å². The minimum atomic E-state index is -1.37. The second-order valence-corrected chi connectivity index (χ2v) is 15.7. The number of carbonyl (C=O) groups excluding carboxylic acids is 4. The van der Waals surface area contributed by atoms with Gasteiger partial charge in [0, 0.05) is 24.7 Å². The number of nitrogens with zero attached hydrogens (tertiary/aromatic N) is 3. The number of phenolic OH excluding ortho intramolecular Hbond substituents is 1. The van der Waals surface area contributed by atoms with Gasteiger partial charge < -0.3 is 14.7 Å². The molecule has 4 aromatic rings. The van der Waals surface area contributed by atoms with Gasteiger partial charge in [0.15, 0.2) is 0 Å². The molecule has 0 bridgehead atoms. The van der Waals surface area contributed by atoms with Crippen molar-refractivity contribution >= 4 is 40.7 Å². The molecule has 55 heavy (non-hydrogen) atoms. The fraction of sp³-hybridized carbons (Fsp3) is 0.333. The third-order valence-corrected chi connectivity index (χ3v) is 12.7. The van der Waals surface area contributed by atoms with Crippen LogP contribution >= 0.6 is 0 Å². The fourth-order valence-corrected chi connectivity index (χ4v) is 10.2. The van der Waals surface area contributed by atoms with Gasteiger partial charge in [-0.05, 0) is 98.2 Å². The second kappa shape index (κ2) is 13.2. The molecule has 3 saturated heterocycles. The minimum Gasteiger partial charge on any atom is -0.507 e. The Balaban J connectivity index is 1.17. The van der Waals surface area contributed by atoms with Crippen LogP contribution in [0.5, 0.6) is 5.75 Å². The van der Waals surface area contributed by atoms with E-state index in [1.165, 1.54) is 9.91 Å². The molecule has 2 aliphatic carbocycles. The molecule has 2 N–H and O–H groups in total. The first-order valence-electron chi connectivity index (χ1n) is 19.2. The molecule has 4 amide bonds. The maximum atomic E-state index is 15.4. The molecule has 9 rings (SSSR count). The third-order valence-electron chi connectivity index (χ3n) is 12.7. The first-order valence-corrected chi connectivity index (χ1v) is 19.2. The van der Waals surface area contributed by atoms with Crippen LogP contribution in [0.2, 0.25) is 0 Å². The van der Waals surface area contributed by atoms with E-state index in [-0.39, 0.29) is 35.8 Å². The molecule has 6 atom stereocenters. The lowest BCUT2D eigenvalue weighted by Crippen LogP contribution is -2.53. The highest BCUT2D eigenvalue weighted by Crippen LogP contribution is 2.64. The zero-order chi connectivity index (χ0) is 38.2. The molecule has 5 aliphatic rings. The Morgan fingerprint density at radius 3 is 2.09 bits per heavy atom. The number of amides is 4. The number of allylic oxidation sites excluding steroid dienone is 2. The molecular formula is C45H44N4O6. The average Bonchev–Trinajstić information content (AvgIpc) is 3.58. The van der Waals surface area contributed by atoms with Crippen molar-refractivity contribution in [2.24, 2.45) is 23.7 Å². The van der Waals surface area contributed by atoms with Crippen LogP contribution in [0.25, 0.3) is 0 Å². The molecule has 3 heterocycles. The Labute approximate surface area is 320 Å². The quantitative estimate of drug-likeness (QED) is 0.174. The number of hydrogen-bond donors (Lipinski definition) is 2. The molecule has 0 spiro atoms. The molecule has 10 heteroatoms. The van der Waals surface area contributed by atoms with Crippen LogP contribution in [0.15, 0.2) is 103 Å². The summed E-state index contributed by atoms with van der Waals surface area (Å²) in [5.41, 5.74) is 8.63. The van der Waals surface area contributed by atoms with Crippen molar-refractivity contribution < 1.29 is 29.0 Å². The van der Waals surface area contributed by atoms with E-state index in [1.54, 1.807) is 0 Å². The molecule has 4 fully saturated rings. The Morgan fingerprint density at radius 2 is 1.42 bits per heavy atom. The summed E-state index contributed by atoms with van der Waals surface area (Å²) in [7, 11) is 0.